The molecule has 1 aliphatic rings. The molecule has 1 fully saturated rings. The normalized spacial score (nSPS) is 20.3. The van der Waals surface area contributed by atoms with Crippen LogP contribution in [0.15, 0.2) is 42.5 Å². The molecule has 27 heavy (non-hydrogen) atoms. The number of nitrogens with zero attached hydrogens (tertiary/aromatic N) is 1. The Bertz CT molecular complexity index is 779. The summed E-state index contributed by atoms with van der Waals surface area (Å²) in [5, 5.41) is 2.94. The summed E-state index contributed by atoms with van der Waals surface area (Å²) in [5.41, 5.74) is 3.57. The SMILES string of the molecule is COc1ccc(C)cc1NC(=O)c1ccc(CN2CC(C)OC(C)C2)cc1. The number of methoxy groups -OCH3 is 1. The van der Waals surface area contributed by atoms with Crippen LogP contribution in [0.2, 0.25) is 0 Å². The van der Waals surface area contributed by atoms with Crippen LogP contribution in [0, 0.1) is 6.92 Å². The molecular weight excluding hydrogens is 340 g/mol. The Hall–Kier alpha value is -2.37. The number of aryl methyl sites for hydroxylation is 1. The van der Waals surface area contributed by atoms with Crippen molar-refractivity contribution in [2.45, 2.75) is 39.5 Å². The van der Waals surface area contributed by atoms with Crippen LogP contribution in [0.5, 0.6) is 5.75 Å². The standard InChI is InChI=1S/C22H28N2O3/c1-15-5-10-21(26-4)20(11-15)23-22(25)19-8-6-18(7-9-19)14-24-12-16(2)27-17(3)13-24/h5-11,16-17H,12-14H2,1-4H3,(H,23,25). The molecule has 0 aromatic heterocycles. The number of carbonyl (C=O) groups excluding carboxylic acids is 1. The highest BCUT2D eigenvalue weighted by atomic mass is 16.5. The highest BCUT2D eigenvalue weighted by Gasteiger charge is 2.22. The van der Waals surface area contributed by atoms with Crippen molar-refractivity contribution in [1.29, 1.82) is 0 Å². The molecule has 0 saturated carbocycles. The van der Waals surface area contributed by atoms with E-state index in [1.807, 2.05) is 49.4 Å². The highest BCUT2D eigenvalue weighted by Crippen LogP contribution is 2.26. The van der Waals surface area contributed by atoms with E-state index in [-0.39, 0.29) is 18.1 Å². The molecule has 3 rings (SSSR count). The van der Waals surface area contributed by atoms with Gasteiger partial charge in [0.15, 0.2) is 0 Å². The molecular formula is C22H28N2O3. The lowest BCUT2D eigenvalue weighted by Gasteiger charge is -2.35. The molecule has 0 radical (unpaired) electrons. The van der Waals surface area contributed by atoms with Gasteiger partial charge in [-0.3, -0.25) is 9.69 Å². The molecule has 2 atom stereocenters. The second-order valence-electron chi connectivity index (χ2n) is 7.31. The van der Waals surface area contributed by atoms with Gasteiger partial charge in [-0.05, 0) is 56.2 Å². The van der Waals surface area contributed by atoms with Gasteiger partial charge in [-0.1, -0.05) is 18.2 Å². The van der Waals surface area contributed by atoms with Gasteiger partial charge in [-0.2, -0.15) is 0 Å². The molecule has 1 heterocycles. The molecule has 1 amide bonds. The summed E-state index contributed by atoms with van der Waals surface area (Å²) < 4.78 is 11.1. The van der Waals surface area contributed by atoms with Crippen molar-refractivity contribution in [3.05, 3.63) is 59.2 Å². The lowest BCUT2D eigenvalue weighted by Crippen LogP contribution is -2.44. The zero-order chi connectivity index (χ0) is 19.4. The molecule has 5 nitrogen and oxygen atoms in total. The first-order valence-corrected chi connectivity index (χ1v) is 9.37. The maximum Gasteiger partial charge on any atom is 0.255 e. The predicted molar refractivity (Wildman–Crippen MR) is 107 cm³/mol. The van der Waals surface area contributed by atoms with E-state index < -0.39 is 0 Å². The first kappa shape index (κ1) is 19.4. The first-order valence-electron chi connectivity index (χ1n) is 9.37. The zero-order valence-corrected chi connectivity index (χ0v) is 16.5. The largest absolute Gasteiger partial charge is 0.495 e. The lowest BCUT2D eigenvalue weighted by molar-refractivity contribution is -0.0704. The fourth-order valence-electron chi connectivity index (χ4n) is 3.55. The van der Waals surface area contributed by atoms with Gasteiger partial charge in [0, 0.05) is 25.2 Å². The molecule has 5 heteroatoms. The molecule has 144 valence electrons. The average molecular weight is 368 g/mol. The maximum absolute atomic E-state index is 12.6. The van der Waals surface area contributed by atoms with Gasteiger partial charge in [-0.15, -0.1) is 0 Å². The van der Waals surface area contributed by atoms with Gasteiger partial charge >= 0.3 is 0 Å². The Kier molecular flexibility index (Phi) is 6.14. The fourth-order valence-corrected chi connectivity index (χ4v) is 3.55. The Morgan fingerprint density at radius 2 is 1.81 bits per heavy atom. The second kappa shape index (κ2) is 8.55. The molecule has 2 aromatic rings. The number of amides is 1. The monoisotopic (exact) mass is 368 g/mol. The Labute approximate surface area is 161 Å². The van der Waals surface area contributed by atoms with Crippen LogP contribution in [0.3, 0.4) is 0 Å². The van der Waals surface area contributed by atoms with Crippen LogP contribution in [-0.2, 0) is 11.3 Å². The number of carbonyl (C=O) groups is 1. The van der Waals surface area contributed by atoms with Crippen molar-refractivity contribution in [3.63, 3.8) is 0 Å². The number of hydrogen-bond acceptors (Lipinski definition) is 4. The number of ether oxygens (including phenoxy) is 2. The van der Waals surface area contributed by atoms with Gasteiger partial charge in [0.2, 0.25) is 0 Å². The summed E-state index contributed by atoms with van der Waals surface area (Å²) in [6, 6.07) is 13.5. The summed E-state index contributed by atoms with van der Waals surface area (Å²) in [4.78, 5) is 15.0. The van der Waals surface area contributed by atoms with E-state index in [9.17, 15) is 4.79 Å². The Balaban J connectivity index is 1.65. The van der Waals surface area contributed by atoms with Crippen LogP contribution in [0.4, 0.5) is 5.69 Å². The van der Waals surface area contributed by atoms with Crippen molar-refractivity contribution in [2.75, 3.05) is 25.5 Å². The van der Waals surface area contributed by atoms with Gasteiger partial charge in [0.25, 0.3) is 5.91 Å². The van der Waals surface area contributed by atoms with Crippen molar-refractivity contribution in [3.8, 4) is 5.75 Å². The number of morpholine rings is 1. The number of hydrogen-bond donors (Lipinski definition) is 1. The zero-order valence-electron chi connectivity index (χ0n) is 16.5. The van der Waals surface area contributed by atoms with Crippen molar-refractivity contribution in [1.82, 2.24) is 4.90 Å². The molecule has 1 saturated heterocycles. The average Bonchev–Trinajstić information content (AvgIpc) is 2.61. The predicted octanol–water partition coefficient (Wildman–Crippen LogP) is 3.87. The summed E-state index contributed by atoms with van der Waals surface area (Å²) in [6.45, 7) is 8.92. The highest BCUT2D eigenvalue weighted by molar-refractivity contribution is 6.05. The maximum atomic E-state index is 12.6. The van der Waals surface area contributed by atoms with Crippen molar-refractivity contribution >= 4 is 11.6 Å². The number of benzene rings is 2. The molecule has 2 unspecified atom stereocenters. The molecule has 0 spiro atoms. The Morgan fingerprint density at radius 3 is 2.44 bits per heavy atom. The summed E-state index contributed by atoms with van der Waals surface area (Å²) in [7, 11) is 1.60. The van der Waals surface area contributed by atoms with E-state index in [2.05, 4.69) is 24.1 Å². The van der Waals surface area contributed by atoms with Crippen LogP contribution in [-0.4, -0.2) is 43.2 Å². The molecule has 1 N–H and O–H groups in total. The van der Waals surface area contributed by atoms with Gasteiger partial charge in [0.1, 0.15) is 5.75 Å². The number of nitrogens with one attached hydrogen (secondary N) is 1. The third-order valence-corrected chi connectivity index (χ3v) is 4.72. The van der Waals surface area contributed by atoms with E-state index in [0.717, 1.165) is 25.2 Å². The molecule has 0 aliphatic carbocycles. The third kappa shape index (κ3) is 5.08. The van der Waals surface area contributed by atoms with E-state index in [1.54, 1.807) is 7.11 Å². The van der Waals surface area contributed by atoms with Crippen LogP contribution >= 0.6 is 0 Å². The van der Waals surface area contributed by atoms with Crippen LogP contribution in [0.25, 0.3) is 0 Å². The van der Waals surface area contributed by atoms with Gasteiger partial charge < -0.3 is 14.8 Å². The smallest absolute Gasteiger partial charge is 0.255 e. The second-order valence-corrected chi connectivity index (χ2v) is 7.31. The van der Waals surface area contributed by atoms with E-state index >= 15 is 0 Å². The first-order chi connectivity index (χ1) is 12.9. The Morgan fingerprint density at radius 1 is 1.15 bits per heavy atom. The van der Waals surface area contributed by atoms with Crippen LogP contribution < -0.4 is 10.1 Å². The van der Waals surface area contributed by atoms with Gasteiger partial charge in [-0.25, -0.2) is 0 Å². The van der Waals surface area contributed by atoms with E-state index in [0.29, 0.717) is 17.0 Å². The minimum Gasteiger partial charge on any atom is -0.495 e. The number of anilines is 1. The van der Waals surface area contributed by atoms with E-state index in [1.165, 1.54) is 5.56 Å². The van der Waals surface area contributed by atoms with Gasteiger partial charge in [0.05, 0.1) is 25.0 Å². The van der Waals surface area contributed by atoms with Crippen molar-refractivity contribution < 1.29 is 14.3 Å². The number of rotatable bonds is 5. The summed E-state index contributed by atoms with van der Waals surface area (Å²) in [6.07, 6.45) is 0.506. The van der Waals surface area contributed by atoms with E-state index in [4.69, 9.17) is 9.47 Å². The summed E-state index contributed by atoms with van der Waals surface area (Å²) in [5.74, 6) is 0.514. The minimum atomic E-state index is -0.140. The molecule has 2 aromatic carbocycles. The molecule has 0 bridgehead atoms. The van der Waals surface area contributed by atoms with Crippen LogP contribution in [0.1, 0.15) is 35.3 Å². The molecule has 1 aliphatic heterocycles. The minimum absolute atomic E-state index is 0.140. The quantitative estimate of drug-likeness (QED) is 0.871. The van der Waals surface area contributed by atoms with Crippen molar-refractivity contribution in [2.24, 2.45) is 0 Å². The summed E-state index contributed by atoms with van der Waals surface area (Å²) >= 11 is 0. The third-order valence-electron chi connectivity index (χ3n) is 4.72. The fraction of sp³-hybridized carbons (Fsp3) is 0.409. The topological polar surface area (TPSA) is 50.8 Å². The lowest BCUT2D eigenvalue weighted by atomic mass is 10.1.